The highest BCUT2D eigenvalue weighted by Gasteiger charge is 2.02. The number of thiol groups is 1. The number of rotatable bonds is 8. The van der Waals surface area contributed by atoms with Gasteiger partial charge in [-0.05, 0) is 19.3 Å². The Morgan fingerprint density at radius 3 is 2.58 bits per heavy atom. The van der Waals surface area contributed by atoms with E-state index in [0.717, 1.165) is 25.5 Å². The molecule has 0 bridgehead atoms. The van der Waals surface area contributed by atoms with Gasteiger partial charge in [0.1, 0.15) is 6.29 Å². The third kappa shape index (κ3) is 6.18. The largest absolute Gasteiger partial charge is 0.359 e. The molecule has 0 aromatic rings. The monoisotopic (exact) mass is 190 g/mol. The second-order valence-electron chi connectivity index (χ2n) is 2.44. The molecule has 0 heterocycles. The highest BCUT2D eigenvalue weighted by atomic mass is 32.1. The summed E-state index contributed by atoms with van der Waals surface area (Å²) in [5, 5.41) is 2.55. The lowest BCUT2D eigenvalue weighted by atomic mass is 10.1. The molecule has 70 valence electrons. The molecule has 0 rings (SSSR count). The summed E-state index contributed by atoms with van der Waals surface area (Å²) in [5.74, 6) is 0. The molecule has 0 radical (unpaired) electrons. The number of unbranched alkanes of at least 4 members (excludes halogenated alkanes) is 1. The van der Waals surface area contributed by atoms with Crippen LogP contribution in [0.3, 0.4) is 0 Å². The summed E-state index contributed by atoms with van der Waals surface area (Å²) in [6, 6.07) is -0.176. The van der Waals surface area contributed by atoms with Crippen molar-refractivity contribution in [3.63, 3.8) is 0 Å². The van der Waals surface area contributed by atoms with Crippen molar-refractivity contribution in [2.45, 2.75) is 25.3 Å². The first-order valence-electron chi connectivity index (χ1n) is 3.87. The Hall–Kier alpha value is -0.550. The molecule has 1 amide bonds. The van der Waals surface area contributed by atoms with Gasteiger partial charge in [0.25, 0.3) is 0 Å². The smallest absolute Gasteiger partial charge is 0.207 e. The SMILES string of the molecule is O=CNCCCC[C@@H](C=O)NS. The van der Waals surface area contributed by atoms with E-state index in [-0.39, 0.29) is 6.04 Å². The van der Waals surface area contributed by atoms with Crippen molar-refractivity contribution in [2.24, 2.45) is 0 Å². The van der Waals surface area contributed by atoms with Gasteiger partial charge in [-0.15, -0.1) is 0 Å². The Balaban J connectivity index is 3.17. The van der Waals surface area contributed by atoms with Crippen LogP contribution in [-0.2, 0) is 9.59 Å². The first-order valence-corrected chi connectivity index (χ1v) is 4.31. The van der Waals surface area contributed by atoms with Gasteiger partial charge >= 0.3 is 0 Å². The van der Waals surface area contributed by atoms with Gasteiger partial charge in [0, 0.05) is 6.54 Å². The topological polar surface area (TPSA) is 58.2 Å². The predicted molar refractivity (Wildman–Crippen MR) is 49.9 cm³/mol. The fraction of sp³-hybridized carbons (Fsp3) is 0.714. The van der Waals surface area contributed by atoms with Crippen LogP contribution in [0, 0.1) is 0 Å². The van der Waals surface area contributed by atoms with Gasteiger partial charge in [0.15, 0.2) is 0 Å². The minimum Gasteiger partial charge on any atom is -0.359 e. The van der Waals surface area contributed by atoms with Crippen LogP contribution in [0.15, 0.2) is 0 Å². The van der Waals surface area contributed by atoms with Crippen molar-refractivity contribution in [2.75, 3.05) is 6.54 Å². The summed E-state index contributed by atoms with van der Waals surface area (Å²) >= 11 is 3.79. The van der Waals surface area contributed by atoms with Crippen LogP contribution in [-0.4, -0.2) is 25.3 Å². The van der Waals surface area contributed by atoms with E-state index >= 15 is 0 Å². The number of hydrogen-bond acceptors (Lipinski definition) is 4. The number of hydrogen-bond donors (Lipinski definition) is 3. The standard InChI is InChI=1S/C7H14N2O2S/c10-5-7(9-12)3-1-2-4-8-6-11/h5-7,9,12H,1-4H2,(H,8,11)/t7-/m0/s1. The van der Waals surface area contributed by atoms with Crippen molar-refractivity contribution in [3.8, 4) is 0 Å². The molecule has 12 heavy (non-hydrogen) atoms. The van der Waals surface area contributed by atoms with E-state index in [1.54, 1.807) is 0 Å². The zero-order valence-corrected chi connectivity index (χ0v) is 7.72. The molecule has 1 atom stereocenters. The highest BCUT2D eigenvalue weighted by Crippen LogP contribution is 1.98. The van der Waals surface area contributed by atoms with Crippen LogP contribution in [0.25, 0.3) is 0 Å². The molecule has 4 nitrogen and oxygen atoms in total. The lowest BCUT2D eigenvalue weighted by Gasteiger charge is -2.06. The van der Waals surface area contributed by atoms with Gasteiger partial charge in [-0.25, -0.2) is 0 Å². The van der Waals surface area contributed by atoms with E-state index in [4.69, 9.17) is 0 Å². The van der Waals surface area contributed by atoms with E-state index < -0.39 is 0 Å². The maximum atomic E-state index is 10.3. The molecule has 0 aromatic carbocycles. The highest BCUT2D eigenvalue weighted by molar-refractivity contribution is 7.78. The lowest BCUT2D eigenvalue weighted by molar-refractivity contribution is -0.110. The second-order valence-corrected chi connectivity index (χ2v) is 2.70. The Labute approximate surface area is 77.6 Å². The quantitative estimate of drug-likeness (QED) is 0.285. The Bertz CT molecular complexity index is 133. The van der Waals surface area contributed by atoms with Crippen LogP contribution < -0.4 is 10.0 Å². The van der Waals surface area contributed by atoms with Crippen LogP contribution >= 0.6 is 12.8 Å². The molecule has 0 fully saturated rings. The molecule has 0 saturated carbocycles. The van der Waals surface area contributed by atoms with Gasteiger partial charge in [0.05, 0.1) is 6.04 Å². The van der Waals surface area contributed by atoms with Gasteiger partial charge in [-0.3, -0.25) is 9.52 Å². The minimum atomic E-state index is -0.176. The molecule has 0 aliphatic rings. The first kappa shape index (κ1) is 11.4. The number of carbonyl (C=O) groups is 2. The number of amides is 1. The summed E-state index contributed by atoms with van der Waals surface area (Å²) in [7, 11) is 0. The molecular formula is C7H14N2O2S. The van der Waals surface area contributed by atoms with Gasteiger partial charge in [-0.1, -0.05) is 12.8 Å². The van der Waals surface area contributed by atoms with Crippen molar-refractivity contribution < 1.29 is 9.59 Å². The minimum absolute atomic E-state index is 0.176. The molecule has 2 N–H and O–H groups in total. The molecule has 0 aliphatic heterocycles. The second kappa shape index (κ2) is 8.55. The Morgan fingerprint density at radius 1 is 1.33 bits per heavy atom. The number of aldehydes is 1. The van der Waals surface area contributed by atoms with Crippen LogP contribution in [0.5, 0.6) is 0 Å². The molecular weight excluding hydrogens is 176 g/mol. The zero-order valence-electron chi connectivity index (χ0n) is 6.82. The van der Waals surface area contributed by atoms with E-state index in [0.29, 0.717) is 13.0 Å². The van der Waals surface area contributed by atoms with Crippen molar-refractivity contribution in [3.05, 3.63) is 0 Å². The summed E-state index contributed by atoms with van der Waals surface area (Å²) in [5.41, 5.74) is 0. The molecule has 0 aliphatic carbocycles. The third-order valence-corrected chi connectivity index (χ3v) is 1.83. The van der Waals surface area contributed by atoms with Gasteiger partial charge in [0.2, 0.25) is 6.41 Å². The third-order valence-electron chi connectivity index (χ3n) is 1.50. The summed E-state index contributed by atoms with van der Waals surface area (Å²) in [4.78, 5) is 20.1. The van der Waals surface area contributed by atoms with Crippen LogP contribution in [0.2, 0.25) is 0 Å². The van der Waals surface area contributed by atoms with Crippen molar-refractivity contribution in [1.82, 2.24) is 10.0 Å². The summed E-state index contributed by atoms with van der Waals surface area (Å²) in [6.45, 7) is 0.668. The van der Waals surface area contributed by atoms with Crippen molar-refractivity contribution >= 4 is 25.5 Å². The van der Waals surface area contributed by atoms with E-state index in [2.05, 4.69) is 22.9 Å². The first-order chi connectivity index (χ1) is 5.85. The lowest BCUT2D eigenvalue weighted by Crippen LogP contribution is -2.22. The van der Waals surface area contributed by atoms with Gasteiger partial charge < -0.3 is 10.1 Å². The van der Waals surface area contributed by atoms with Crippen LogP contribution in [0.1, 0.15) is 19.3 Å². The van der Waals surface area contributed by atoms with E-state index in [1.165, 1.54) is 0 Å². The Morgan fingerprint density at radius 2 is 2.08 bits per heavy atom. The summed E-state index contributed by atoms with van der Waals surface area (Å²) < 4.78 is 2.58. The Kier molecular flexibility index (Phi) is 8.15. The fourth-order valence-corrected chi connectivity index (χ4v) is 1.00. The predicted octanol–water partition coefficient (Wildman–Crippen LogP) is -0.0954. The normalized spacial score (nSPS) is 12.1. The molecule has 0 aromatic heterocycles. The van der Waals surface area contributed by atoms with E-state index in [9.17, 15) is 9.59 Å². The van der Waals surface area contributed by atoms with Gasteiger partial charge in [-0.2, -0.15) is 0 Å². The zero-order chi connectivity index (χ0) is 9.23. The maximum absolute atomic E-state index is 10.3. The van der Waals surface area contributed by atoms with Crippen LogP contribution in [0.4, 0.5) is 0 Å². The van der Waals surface area contributed by atoms with Crippen molar-refractivity contribution in [1.29, 1.82) is 0 Å². The number of carbonyl (C=O) groups excluding carboxylic acids is 2. The molecule has 0 unspecified atom stereocenters. The molecule has 5 heteroatoms. The average molecular weight is 190 g/mol. The average Bonchev–Trinajstić information content (AvgIpc) is 2.11. The van der Waals surface area contributed by atoms with E-state index in [1.807, 2.05) is 0 Å². The number of nitrogens with one attached hydrogen (secondary N) is 2. The fourth-order valence-electron chi connectivity index (χ4n) is 0.813. The maximum Gasteiger partial charge on any atom is 0.207 e. The molecule has 0 spiro atoms. The summed E-state index contributed by atoms with van der Waals surface area (Å²) in [6.07, 6.45) is 4.05. The molecule has 0 saturated heterocycles.